The fourth-order valence-corrected chi connectivity index (χ4v) is 6.06. The fraction of sp³-hybridized carbons (Fsp3) is 0.409. The van der Waals surface area contributed by atoms with E-state index < -0.39 is 0 Å². The van der Waals surface area contributed by atoms with Crippen molar-refractivity contribution in [3.63, 3.8) is 0 Å². The van der Waals surface area contributed by atoms with Crippen molar-refractivity contribution in [2.24, 2.45) is 35.0 Å². The van der Waals surface area contributed by atoms with Gasteiger partial charge in [-0.15, -0.1) is 0 Å². The molecule has 0 N–H and O–H groups in total. The highest BCUT2D eigenvalue weighted by atomic mass is 16.5. The van der Waals surface area contributed by atoms with E-state index in [1.807, 2.05) is 0 Å². The minimum Gasteiger partial charge on any atom is -0.465 e. The molecule has 4 aliphatic carbocycles. The third kappa shape index (κ3) is 1.50. The molecule has 2 saturated carbocycles. The number of fused-ring (bicyclic) bond motifs is 1. The van der Waals surface area contributed by atoms with E-state index in [0.29, 0.717) is 24.4 Å². The first-order valence-electron chi connectivity index (χ1n) is 9.10. The number of carbonyl (C=O) groups is 1. The fourth-order valence-electron chi connectivity index (χ4n) is 6.06. The Morgan fingerprint density at radius 1 is 1.04 bits per heavy atom. The Morgan fingerprint density at radius 3 is 2.83 bits per heavy atom. The van der Waals surface area contributed by atoms with Crippen LogP contribution in [0.15, 0.2) is 54.6 Å². The van der Waals surface area contributed by atoms with Gasteiger partial charge in [-0.1, -0.05) is 54.6 Å². The molecular weight excluding hydrogens is 296 g/mol. The Balaban J connectivity index is 1.46. The maximum atomic E-state index is 12.9. The highest BCUT2D eigenvalue weighted by Gasteiger charge is 2.71. The molecule has 0 aromatic heterocycles. The summed E-state index contributed by atoms with van der Waals surface area (Å²) in [7, 11) is 0. The van der Waals surface area contributed by atoms with E-state index in [1.54, 1.807) is 0 Å². The number of rotatable bonds is 2. The standard InChI is InChI=1S/C22H20O2/c23-21-22(11-13-5-6-14-3-1-2-4-15(14)9-13)19-8-7-16(17-10-18(17)19)20(22)12-24-21/h1-9,16-20H,10-12H2. The predicted molar refractivity (Wildman–Crippen MR) is 92.3 cm³/mol. The van der Waals surface area contributed by atoms with Crippen LogP contribution in [-0.2, 0) is 16.0 Å². The van der Waals surface area contributed by atoms with Crippen molar-refractivity contribution in [2.75, 3.05) is 6.61 Å². The molecule has 2 heteroatoms. The first kappa shape index (κ1) is 13.2. The molecule has 2 nitrogen and oxygen atoms in total. The van der Waals surface area contributed by atoms with Gasteiger partial charge in [0.2, 0.25) is 0 Å². The second kappa shape index (κ2) is 4.30. The van der Waals surface area contributed by atoms with Crippen molar-refractivity contribution in [2.45, 2.75) is 12.8 Å². The second-order valence-corrected chi connectivity index (χ2v) is 8.16. The number of hydrogen-bond donors (Lipinski definition) is 0. The van der Waals surface area contributed by atoms with E-state index in [2.05, 4.69) is 54.6 Å². The highest BCUT2D eigenvalue weighted by Crippen LogP contribution is 2.70. The summed E-state index contributed by atoms with van der Waals surface area (Å²) >= 11 is 0. The van der Waals surface area contributed by atoms with Crippen LogP contribution in [0.1, 0.15) is 12.0 Å². The molecule has 2 aromatic carbocycles. The van der Waals surface area contributed by atoms with Gasteiger partial charge in [0.05, 0.1) is 12.0 Å². The first-order chi connectivity index (χ1) is 11.8. The van der Waals surface area contributed by atoms with Gasteiger partial charge in [-0.25, -0.2) is 0 Å². The zero-order chi connectivity index (χ0) is 15.9. The lowest BCUT2D eigenvalue weighted by atomic mass is 9.52. The average molecular weight is 316 g/mol. The maximum absolute atomic E-state index is 12.9. The minimum absolute atomic E-state index is 0.0605. The van der Waals surface area contributed by atoms with Crippen LogP contribution in [0.5, 0.6) is 0 Å². The summed E-state index contributed by atoms with van der Waals surface area (Å²) in [4.78, 5) is 12.9. The SMILES string of the molecule is O=C1OCC2C3C=CC(C4CC34)C12Cc1ccc2ccccc2c1. The third-order valence-corrected chi connectivity index (χ3v) is 7.19. The summed E-state index contributed by atoms with van der Waals surface area (Å²) in [5.41, 5.74) is 0.968. The van der Waals surface area contributed by atoms with Crippen LogP contribution in [0.25, 0.3) is 10.8 Å². The predicted octanol–water partition coefficient (Wildman–Crippen LogP) is 3.99. The molecule has 1 saturated heterocycles. The van der Waals surface area contributed by atoms with Crippen LogP contribution in [0.2, 0.25) is 0 Å². The zero-order valence-corrected chi connectivity index (χ0v) is 13.5. The van der Waals surface area contributed by atoms with Crippen molar-refractivity contribution in [1.82, 2.24) is 0 Å². The molecule has 24 heavy (non-hydrogen) atoms. The van der Waals surface area contributed by atoms with E-state index in [0.717, 1.165) is 18.3 Å². The van der Waals surface area contributed by atoms with E-state index in [1.165, 1.54) is 22.8 Å². The molecule has 0 radical (unpaired) electrons. The van der Waals surface area contributed by atoms with E-state index in [4.69, 9.17) is 4.74 Å². The highest BCUT2D eigenvalue weighted by molar-refractivity contribution is 5.84. The molecule has 0 amide bonds. The van der Waals surface area contributed by atoms with Crippen LogP contribution >= 0.6 is 0 Å². The number of allylic oxidation sites excluding steroid dienone is 2. The van der Waals surface area contributed by atoms with Gasteiger partial charge in [0.1, 0.15) is 0 Å². The Morgan fingerprint density at radius 2 is 1.92 bits per heavy atom. The Kier molecular flexibility index (Phi) is 2.37. The van der Waals surface area contributed by atoms with Crippen molar-refractivity contribution in [3.05, 3.63) is 60.2 Å². The number of cyclic esters (lactones) is 1. The largest absolute Gasteiger partial charge is 0.465 e. The smallest absolute Gasteiger partial charge is 0.313 e. The van der Waals surface area contributed by atoms with Gasteiger partial charge in [0.15, 0.2) is 0 Å². The van der Waals surface area contributed by atoms with Crippen LogP contribution in [-0.4, -0.2) is 12.6 Å². The molecule has 7 rings (SSSR count). The Labute approximate surface area is 141 Å². The second-order valence-electron chi connectivity index (χ2n) is 8.16. The summed E-state index contributed by atoms with van der Waals surface area (Å²) in [5, 5.41) is 2.52. The van der Waals surface area contributed by atoms with Gasteiger partial charge in [0, 0.05) is 5.92 Å². The summed E-state index contributed by atoms with van der Waals surface area (Å²) in [6.07, 6.45) is 6.88. The van der Waals surface area contributed by atoms with Gasteiger partial charge in [-0.2, -0.15) is 0 Å². The van der Waals surface area contributed by atoms with Crippen molar-refractivity contribution in [1.29, 1.82) is 0 Å². The molecule has 120 valence electrons. The van der Waals surface area contributed by atoms with E-state index in [-0.39, 0.29) is 11.4 Å². The van der Waals surface area contributed by atoms with Gasteiger partial charge in [-0.05, 0) is 52.8 Å². The van der Waals surface area contributed by atoms with Crippen LogP contribution in [0.4, 0.5) is 0 Å². The molecule has 5 aliphatic rings. The van der Waals surface area contributed by atoms with Crippen molar-refractivity contribution in [3.8, 4) is 0 Å². The van der Waals surface area contributed by atoms with Gasteiger partial charge < -0.3 is 4.74 Å². The number of benzene rings is 2. The lowest BCUT2D eigenvalue weighted by Gasteiger charge is -2.47. The zero-order valence-electron chi connectivity index (χ0n) is 13.5. The van der Waals surface area contributed by atoms with Crippen LogP contribution < -0.4 is 0 Å². The summed E-state index contributed by atoms with van der Waals surface area (Å²) < 4.78 is 5.63. The van der Waals surface area contributed by atoms with Gasteiger partial charge in [0.25, 0.3) is 0 Å². The number of carbonyl (C=O) groups excluding carboxylic acids is 1. The molecule has 6 atom stereocenters. The average Bonchev–Trinajstić information content (AvgIpc) is 3.36. The van der Waals surface area contributed by atoms with E-state index in [9.17, 15) is 4.79 Å². The number of ether oxygens (including phenoxy) is 1. The molecule has 0 spiro atoms. The van der Waals surface area contributed by atoms with E-state index >= 15 is 0 Å². The number of hydrogen-bond acceptors (Lipinski definition) is 2. The normalized spacial score (nSPS) is 41.2. The Hall–Kier alpha value is -2.09. The van der Waals surface area contributed by atoms with Crippen LogP contribution in [0.3, 0.4) is 0 Å². The maximum Gasteiger partial charge on any atom is 0.313 e. The van der Waals surface area contributed by atoms with Gasteiger partial charge in [-0.3, -0.25) is 4.79 Å². The molecule has 6 unspecified atom stereocenters. The lowest BCUT2D eigenvalue weighted by Crippen LogP contribution is -2.51. The minimum atomic E-state index is -0.306. The summed E-state index contributed by atoms with van der Waals surface area (Å²) in [6, 6.07) is 15.1. The summed E-state index contributed by atoms with van der Waals surface area (Å²) in [6.45, 7) is 0.626. The summed E-state index contributed by atoms with van der Waals surface area (Å²) in [5.74, 6) is 2.94. The quantitative estimate of drug-likeness (QED) is 0.618. The lowest BCUT2D eigenvalue weighted by molar-refractivity contribution is -0.150. The van der Waals surface area contributed by atoms with Crippen LogP contribution in [0, 0.1) is 35.0 Å². The molecule has 3 fully saturated rings. The molecule has 1 heterocycles. The number of esters is 1. The molecule has 1 aliphatic heterocycles. The van der Waals surface area contributed by atoms with Crippen molar-refractivity contribution < 1.29 is 9.53 Å². The third-order valence-electron chi connectivity index (χ3n) is 7.19. The first-order valence-corrected chi connectivity index (χ1v) is 9.10. The molecule has 2 aromatic rings. The monoisotopic (exact) mass is 316 g/mol. The Bertz CT molecular complexity index is 898. The van der Waals surface area contributed by atoms with Crippen molar-refractivity contribution >= 4 is 16.7 Å². The molecule has 2 bridgehead atoms. The topological polar surface area (TPSA) is 26.3 Å². The molecular formula is C22H20O2. The van der Waals surface area contributed by atoms with Gasteiger partial charge >= 0.3 is 5.97 Å².